The van der Waals surface area contributed by atoms with E-state index >= 15 is 0 Å². The number of hydrogen-bond donors (Lipinski definition) is 0. The summed E-state index contributed by atoms with van der Waals surface area (Å²) < 4.78 is 34.8. The van der Waals surface area contributed by atoms with Crippen LogP contribution in [0, 0.1) is 0 Å². The average molecular weight is 365 g/mol. The first-order valence-corrected chi connectivity index (χ1v) is 10.3. The Labute approximate surface area is 147 Å². The molecular weight excluding hydrogens is 342 g/mol. The maximum Gasteiger partial charge on any atom is 0.290 e. The number of hydrogen-bond acceptors (Lipinski definition) is 5. The number of carbonyl (C=O) groups excluding carboxylic acids is 1. The number of furan rings is 1. The highest BCUT2D eigenvalue weighted by molar-refractivity contribution is 7.91. The number of methoxy groups -OCH3 is 1. The number of nitrogens with zero attached hydrogens (tertiary/aromatic N) is 1. The van der Waals surface area contributed by atoms with Crippen LogP contribution in [0.2, 0.25) is 0 Å². The molecule has 1 saturated heterocycles. The molecule has 0 aliphatic carbocycles. The van der Waals surface area contributed by atoms with E-state index in [4.69, 9.17) is 9.15 Å². The minimum absolute atomic E-state index is 0.0264. The zero-order chi connectivity index (χ0) is 18.0. The van der Waals surface area contributed by atoms with E-state index in [2.05, 4.69) is 0 Å². The number of benzene rings is 1. The van der Waals surface area contributed by atoms with Gasteiger partial charge in [0.15, 0.2) is 15.6 Å². The molecule has 0 spiro atoms. The smallest absolute Gasteiger partial charge is 0.290 e. The molecule has 1 aliphatic heterocycles. The van der Waals surface area contributed by atoms with Crippen molar-refractivity contribution in [2.24, 2.45) is 0 Å². The van der Waals surface area contributed by atoms with Crippen molar-refractivity contribution in [1.82, 2.24) is 4.90 Å². The fourth-order valence-corrected chi connectivity index (χ4v) is 5.13. The number of fused-ring (bicyclic) bond motifs is 1. The third kappa shape index (κ3) is 3.57. The Hall–Kier alpha value is -1.86. The first-order valence-electron chi connectivity index (χ1n) is 8.47. The van der Waals surface area contributed by atoms with Crippen molar-refractivity contribution in [3.8, 4) is 0 Å². The molecule has 25 heavy (non-hydrogen) atoms. The van der Waals surface area contributed by atoms with Crippen molar-refractivity contribution in [3.63, 3.8) is 0 Å². The third-order valence-electron chi connectivity index (χ3n) is 4.56. The van der Waals surface area contributed by atoms with Crippen LogP contribution < -0.4 is 0 Å². The second-order valence-corrected chi connectivity index (χ2v) is 8.62. The van der Waals surface area contributed by atoms with Crippen LogP contribution in [0.5, 0.6) is 0 Å². The van der Waals surface area contributed by atoms with Gasteiger partial charge in [0.05, 0.1) is 18.1 Å². The van der Waals surface area contributed by atoms with Gasteiger partial charge in [0.1, 0.15) is 5.58 Å². The van der Waals surface area contributed by atoms with Gasteiger partial charge in [-0.2, -0.15) is 0 Å². The van der Waals surface area contributed by atoms with E-state index in [0.29, 0.717) is 24.1 Å². The Kier molecular flexibility index (Phi) is 5.15. The zero-order valence-electron chi connectivity index (χ0n) is 14.5. The summed E-state index contributed by atoms with van der Waals surface area (Å²) in [7, 11) is -1.50. The highest BCUT2D eigenvalue weighted by atomic mass is 32.2. The highest BCUT2D eigenvalue weighted by Crippen LogP contribution is 2.29. The molecule has 1 aromatic carbocycles. The van der Waals surface area contributed by atoms with Crippen LogP contribution in [-0.4, -0.2) is 50.4 Å². The molecule has 1 amide bonds. The Morgan fingerprint density at radius 2 is 2.12 bits per heavy atom. The predicted octanol–water partition coefficient (Wildman–Crippen LogP) is 2.62. The van der Waals surface area contributed by atoms with Crippen LogP contribution in [0.3, 0.4) is 0 Å². The van der Waals surface area contributed by atoms with Crippen molar-refractivity contribution in [2.45, 2.75) is 32.4 Å². The predicted molar refractivity (Wildman–Crippen MR) is 95.3 cm³/mol. The van der Waals surface area contributed by atoms with Gasteiger partial charge in [-0.15, -0.1) is 0 Å². The third-order valence-corrected chi connectivity index (χ3v) is 6.31. The zero-order valence-corrected chi connectivity index (χ0v) is 15.3. The first-order chi connectivity index (χ1) is 12.0. The SMILES string of the molecule is CCCN(C(=O)c1oc2ccccc2c1COC)[C@H]1CCS(=O)(=O)C1. The van der Waals surface area contributed by atoms with Crippen LogP contribution in [0.1, 0.15) is 35.9 Å². The number of amides is 1. The summed E-state index contributed by atoms with van der Waals surface area (Å²) in [5.41, 5.74) is 1.35. The van der Waals surface area contributed by atoms with Crippen molar-refractivity contribution < 1.29 is 22.4 Å². The summed E-state index contributed by atoms with van der Waals surface area (Å²) in [5, 5.41) is 0.850. The summed E-state index contributed by atoms with van der Waals surface area (Å²) in [6.07, 6.45) is 1.23. The fraction of sp³-hybridized carbons (Fsp3) is 0.500. The van der Waals surface area contributed by atoms with E-state index in [1.54, 1.807) is 12.0 Å². The van der Waals surface area contributed by atoms with Crippen LogP contribution in [0.15, 0.2) is 28.7 Å². The van der Waals surface area contributed by atoms with Gasteiger partial charge >= 0.3 is 0 Å². The van der Waals surface area contributed by atoms with Gasteiger partial charge in [-0.25, -0.2) is 8.42 Å². The minimum Gasteiger partial charge on any atom is -0.451 e. The van der Waals surface area contributed by atoms with E-state index in [0.717, 1.165) is 11.8 Å². The summed E-state index contributed by atoms with van der Waals surface area (Å²) in [4.78, 5) is 14.8. The molecule has 3 rings (SSSR count). The molecule has 0 unspecified atom stereocenters. The Balaban J connectivity index is 1.99. The second kappa shape index (κ2) is 7.17. The topological polar surface area (TPSA) is 76.8 Å². The van der Waals surface area contributed by atoms with E-state index in [1.807, 2.05) is 31.2 Å². The van der Waals surface area contributed by atoms with E-state index in [9.17, 15) is 13.2 Å². The Bertz CT molecular complexity index is 871. The largest absolute Gasteiger partial charge is 0.451 e. The minimum atomic E-state index is -3.07. The molecule has 6 nitrogen and oxygen atoms in total. The number of rotatable bonds is 6. The molecule has 0 N–H and O–H groups in total. The lowest BCUT2D eigenvalue weighted by atomic mass is 10.1. The van der Waals surface area contributed by atoms with Gasteiger partial charge in [0, 0.05) is 30.6 Å². The number of carbonyl (C=O) groups is 1. The number of ether oxygens (including phenoxy) is 1. The van der Waals surface area contributed by atoms with Crippen LogP contribution in [0.25, 0.3) is 11.0 Å². The van der Waals surface area contributed by atoms with Crippen LogP contribution in [0.4, 0.5) is 0 Å². The molecule has 0 saturated carbocycles. The summed E-state index contributed by atoms with van der Waals surface area (Å²) in [6.45, 7) is 2.74. The van der Waals surface area contributed by atoms with E-state index in [-0.39, 0.29) is 35.8 Å². The molecule has 1 aliphatic rings. The molecule has 136 valence electrons. The summed E-state index contributed by atoms with van der Waals surface area (Å²) in [5.74, 6) is 0.155. The number of sulfone groups is 1. The quantitative estimate of drug-likeness (QED) is 0.786. The number of para-hydroxylation sites is 1. The lowest BCUT2D eigenvalue weighted by molar-refractivity contribution is 0.0660. The van der Waals surface area contributed by atoms with Gasteiger partial charge in [-0.3, -0.25) is 4.79 Å². The second-order valence-electron chi connectivity index (χ2n) is 6.39. The molecular formula is C18H23NO5S. The Morgan fingerprint density at radius 3 is 2.76 bits per heavy atom. The van der Waals surface area contributed by atoms with Crippen molar-refractivity contribution in [3.05, 3.63) is 35.6 Å². The molecule has 1 aromatic heterocycles. The fourth-order valence-electron chi connectivity index (χ4n) is 3.40. The maximum absolute atomic E-state index is 13.2. The van der Waals surface area contributed by atoms with Crippen molar-refractivity contribution in [1.29, 1.82) is 0 Å². The molecule has 2 heterocycles. The average Bonchev–Trinajstić information content (AvgIpc) is 3.13. The molecule has 1 fully saturated rings. The molecule has 2 aromatic rings. The van der Waals surface area contributed by atoms with Gasteiger partial charge < -0.3 is 14.1 Å². The molecule has 1 atom stereocenters. The van der Waals surface area contributed by atoms with Gasteiger partial charge in [-0.1, -0.05) is 25.1 Å². The first kappa shape index (κ1) is 17.9. The van der Waals surface area contributed by atoms with Gasteiger partial charge in [0.2, 0.25) is 0 Å². The lowest BCUT2D eigenvalue weighted by Gasteiger charge is -2.27. The molecule has 0 radical (unpaired) electrons. The van der Waals surface area contributed by atoms with Gasteiger partial charge in [-0.05, 0) is 18.9 Å². The van der Waals surface area contributed by atoms with E-state index in [1.165, 1.54) is 0 Å². The standard InChI is InChI=1S/C18H23NO5S/c1-3-9-19(13-8-10-25(21,22)12-13)18(20)17-15(11-23-2)14-6-4-5-7-16(14)24-17/h4-7,13H,3,8-12H2,1-2H3/t13-/m0/s1. The molecule has 0 bridgehead atoms. The van der Waals surface area contributed by atoms with Crippen LogP contribution >= 0.6 is 0 Å². The normalized spacial score (nSPS) is 19.4. The highest BCUT2D eigenvalue weighted by Gasteiger charge is 2.36. The molecule has 7 heteroatoms. The monoisotopic (exact) mass is 365 g/mol. The lowest BCUT2D eigenvalue weighted by Crippen LogP contribution is -2.41. The van der Waals surface area contributed by atoms with Crippen molar-refractivity contribution >= 4 is 26.7 Å². The van der Waals surface area contributed by atoms with Crippen LogP contribution in [-0.2, 0) is 21.2 Å². The maximum atomic E-state index is 13.2. The summed E-state index contributed by atoms with van der Waals surface area (Å²) in [6, 6.07) is 7.16. The summed E-state index contributed by atoms with van der Waals surface area (Å²) >= 11 is 0. The van der Waals surface area contributed by atoms with Crippen molar-refractivity contribution in [2.75, 3.05) is 25.2 Å². The van der Waals surface area contributed by atoms with E-state index < -0.39 is 9.84 Å². The Morgan fingerprint density at radius 1 is 1.36 bits per heavy atom. The van der Waals surface area contributed by atoms with Gasteiger partial charge in [0.25, 0.3) is 5.91 Å².